The van der Waals surface area contributed by atoms with Gasteiger partial charge in [0.05, 0.1) is 12.1 Å². The van der Waals surface area contributed by atoms with Crippen LogP contribution in [0.3, 0.4) is 0 Å². The Kier molecular flexibility index (Phi) is 3.82. The Morgan fingerprint density at radius 3 is 2.94 bits per heavy atom. The SMILES string of the molecule is Cn1cc(CCC2CCCCC2C(=O)O)cn1. The predicted molar refractivity (Wildman–Crippen MR) is 64.6 cm³/mol. The molecule has 0 saturated heterocycles. The molecule has 1 aliphatic rings. The van der Waals surface area contributed by atoms with Gasteiger partial charge in [0.25, 0.3) is 0 Å². The Balaban J connectivity index is 1.90. The van der Waals surface area contributed by atoms with Crippen molar-refractivity contribution in [2.24, 2.45) is 18.9 Å². The van der Waals surface area contributed by atoms with E-state index >= 15 is 0 Å². The molecular formula is C13H20N2O2. The molecule has 2 unspecified atom stereocenters. The maximum absolute atomic E-state index is 11.2. The van der Waals surface area contributed by atoms with Crippen LogP contribution in [0.25, 0.3) is 0 Å². The summed E-state index contributed by atoms with van der Waals surface area (Å²) >= 11 is 0. The van der Waals surface area contributed by atoms with E-state index in [0.29, 0.717) is 5.92 Å². The van der Waals surface area contributed by atoms with E-state index in [1.807, 2.05) is 19.4 Å². The summed E-state index contributed by atoms with van der Waals surface area (Å²) in [6.45, 7) is 0. The van der Waals surface area contributed by atoms with Crippen LogP contribution in [0.1, 0.15) is 37.7 Å². The molecule has 1 saturated carbocycles. The van der Waals surface area contributed by atoms with Crippen molar-refractivity contribution in [3.05, 3.63) is 18.0 Å². The third-order valence-electron chi connectivity index (χ3n) is 3.79. The summed E-state index contributed by atoms with van der Waals surface area (Å²) in [4.78, 5) is 11.2. The second kappa shape index (κ2) is 5.34. The largest absolute Gasteiger partial charge is 0.481 e. The van der Waals surface area contributed by atoms with Gasteiger partial charge in [0.15, 0.2) is 0 Å². The highest BCUT2D eigenvalue weighted by atomic mass is 16.4. The molecule has 94 valence electrons. The monoisotopic (exact) mass is 236 g/mol. The van der Waals surface area contributed by atoms with Crippen LogP contribution in [0.5, 0.6) is 0 Å². The minimum absolute atomic E-state index is 0.125. The number of nitrogens with zero attached hydrogens (tertiary/aromatic N) is 2. The van der Waals surface area contributed by atoms with E-state index in [9.17, 15) is 9.90 Å². The van der Waals surface area contributed by atoms with E-state index < -0.39 is 5.97 Å². The first-order valence-corrected chi connectivity index (χ1v) is 6.37. The number of carboxylic acids is 1. The van der Waals surface area contributed by atoms with Crippen LogP contribution in [0.2, 0.25) is 0 Å². The zero-order valence-corrected chi connectivity index (χ0v) is 10.3. The lowest BCUT2D eigenvalue weighted by Crippen LogP contribution is -2.27. The quantitative estimate of drug-likeness (QED) is 0.872. The third-order valence-corrected chi connectivity index (χ3v) is 3.79. The number of carbonyl (C=O) groups is 1. The van der Waals surface area contributed by atoms with Crippen molar-refractivity contribution in [2.75, 3.05) is 0 Å². The number of rotatable bonds is 4. The maximum atomic E-state index is 11.2. The van der Waals surface area contributed by atoms with Gasteiger partial charge in [-0.15, -0.1) is 0 Å². The second-order valence-corrected chi connectivity index (χ2v) is 5.05. The number of aromatic nitrogens is 2. The van der Waals surface area contributed by atoms with Gasteiger partial charge in [0.2, 0.25) is 0 Å². The fourth-order valence-corrected chi connectivity index (χ4v) is 2.83. The van der Waals surface area contributed by atoms with Crippen LogP contribution in [-0.2, 0) is 18.3 Å². The number of aliphatic carboxylic acids is 1. The Labute approximate surface area is 102 Å². The molecule has 1 aliphatic carbocycles. The van der Waals surface area contributed by atoms with Gasteiger partial charge in [-0.1, -0.05) is 12.8 Å². The van der Waals surface area contributed by atoms with Gasteiger partial charge in [0.1, 0.15) is 0 Å². The number of hydrogen-bond donors (Lipinski definition) is 1. The van der Waals surface area contributed by atoms with Crippen molar-refractivity contribution in [3.63, 3.8) is 0 Å². The summed E-state index contributed by atoms with van der Waals surface area (Å²) in [7, 11) is 1.91. The number of carboxylic acid groups (broad SMARTS) is 1. The second-order valence-electron chi connectivity index (χ2n) is 5.05. The average Bonchev–Trinajstić information content (AvgIpc) is 2.73. The lowest BCUT2D eigenvalue weighted by Gasteiger charge is -2.28. The average molecular weight is 236 g/mol. The molecule has 0 spiro atoms. The zero-order valence-electron chi connectivity index (χ0n) is 10.3. The number of hydrogen-bond acceptors (Lipinski definition) is 2. The van der Waals surface area contributed by atoms with Crippen LogP contribution in [-0.4, -0.2) is 20.9 Å². The van der Waals surface area contributed by atoms with E-state index in [-0.39, 0.29) is 5.92 Å². The van der Waals surface area contributed by atoms with Crippen molar-refractivity contribution in [3.8, 4) is 0 Å². The van der Waals surface area contributed by atoms with E-state index in [2.05, 4.69) is 5.10 Å². The molecular weight excluding hydrogens is 216 g/mol. The molecule has 2 rings (SSSR count). The van der Waals surface area contributed by atoms with Crippen LogP contribution in [0.15, 0.2) is 12.4 Å². The van der Waals surface area contributed by atoms with Crippen molar-refractivity contribution in [2.45, 2.75) is 38.5 Å². The van der Waals surface area contributed by atoms with Gasteiger partial charge >= 0.3 is 5.97 Å². The van der Waals surface area contributed by atoms with Crippen molar-refractivity contribution < 1.29 is 9.90 Å². The molecule has 0 amide bonds. The smallest absolute Gasteiger partial charge is 0.306 e. The van der Waals surface area contributed by atoms with Crippen LogP contribution in [0, 0.1) is 11.8 Å². The molecule has 1 aromatic rings. The highest BCUT2D eigenvalue weighted by Gasteiger charge is 2.30. The highest BCUT2D eigenvalue weighted by molar-refractivity contribution is 5.70. The lowest BCUT2D eigenvalue weighted by molar-refractivity contribution is -0.145. The van der Waals surface area contributed by atoms with Gasteiger partial charge < -0.3 is 5.11 Å². The maximum Gasteiger partial charge on any atom is 0.306 e. The van der Waals surface area contributed by atoms with Gasteiger partial charge in [-0.05, 0) is 37.2 Å². The standard InChI is InChI=1S/C13H20N2O2/c1-15-9-10(8-14-15)6-7-11-4-2-3-5-12(11)13(16)17/h8-9,11-12H,2-7H2,1H3,(H,16,17). The van der Waals surface area contributed by atoms with Crippen LogP contribution < -0.4 is 0 Å². The fourth-order valence-electron chi connectivity index (χ4n) is 2.83. The first-order chi connectivity index (χ1) is 8.16. The van der Waals surface area contributed by atoms with Crippen molar-refractivity contribution in [1.82, 2.24) is 9.78 Å². The molecule has 2 atom stereocenters. The topological polar surface area (TPSA) is 55.1 Å². The van der Waals surface area contributed by atoms with Gasteiger partial charge in [-0.3, -0.25) is 9.48 Å². The van der Waals surface area contributed by atoms with Gasteiger partial charge in [0, 0.05) is 13.2 Å². The van der Waals surface area contributed by atoms with Crippen LogP contribution in [0.4, 0.5) is 0 Å². The molecule has 0 aromatic carbocycles. The lowest BCUT2D eigenvalue weighted by atomic mass is 9.76. The molecule has 1 N–H and O–H groups in total. The fraction of sp³-hybridized carbons (Fsp3) is 0.692. The number of aryl methyl sites for hydroxylation is 2. The summed E-state index contributed by atoms with van der Waals surface area (Å²) in [5.41, 5.74) is 1.21. The van der Waals surface area contributed by atoms with E-state index in [0.717, 1.165) is 32.1 Å². The minimum atomic E-state index is -0.610. The molecule has 0 aliphatic heterocycles. The molecule has 0 bridgehead atoms. The molecule has 17 heavy (non-hydrogen) atoms. The Bertz CT molecular complexity index is 387. The third kappa shape index (κ3) is 3.08. The summed E-state index contributed by atoms with van der Waals surface area (Å²) in [6.07, 6.45) is 9.98. The summed E-state index contributed by atoms with van der Waals surface area (Å²) in [5, 5.41) is 13.3. The van der Waals surface area contributed by atoms with E-state index in [4.69, 9.17) is 0 Å². The van der Waals surface area contributed by atoms with E-state index in [1.165, 1.54) is 12.0 Å². The molecule has 1 fully saturated rings. The van der Waals surface area contributed by atoms with Gasteiger partial charge in [-0.25, -0.2) is 0 Å². The predicted octanol–water partition coefficient (Wildman–Crippen LogP) is 2.24. The first-order valence-electron chi connectivity index (χ1n) is 6.37. The van der Waals surface area contributed by atoms with Crippen molar-refractivity contribution >= 4 is 5.97 Å². The summed E-state index contributed by atoms with van der Waals surface area (Å²) in [6, 6.07) is 0. The normalized spacial score (nSPS) is 24.8. The molecule has 1 heterocycles. The molecule has 1 aromatic heterocycles. The molecule has 0 radical (unpaired) electrons. The van der Waals surface area contributed by atoms with Crippen molar-refractivity contribution in [1.29, 1.82) is 0 Å². The summed E-state index contributed by atoms with van der Waals surface area (Å²) in [5.74, 6) is -0.386. The highest BCUT2D eigenvalue weighted by Crippen LogP contribution is 2.33. The minimum Gasteiger partial charge on any atom is -0.481 e. The Morgan fingerprint density at radius 1 is 1.53 bits per heavy atom. The van der Waals surface area contributed by atoms with E-state index in [1.54, 1.807) is 4.68 Å². The summed E-state index contributed by atoms with van der Waals surface area (Å²) < 4.78 is 1.80. The zero-order chi connectivity index (χ0) is 12.3. The Hall–Kier alpha value is -1.32. The van der Waals surface area contributed by atoms with Gasteiger partial charge in [-0.2, -0.15) is 5.10 Å². The van der Waals surface area contributed by atoms with Crippen LogP contribution >= 0.6 is 0 Å². The Morgan fingerprint density at radius 2 is 2.29 bits per heavy atom. The first kappa shape index (κ1) is 12.1. The molecule has 4 heteroatoms. The molecule has 4 nitrogen and oxygen atoms in total.